The Morgan fingerprint density at radius 2 is 1.83 bits per heavy atom. The van der Waals surface area contributed by atoms with Crippen LogP contribution < -0.4 is 4.74 Å². The molecule has 4 rings (SSSR count). The van der Waals surface area contributed by atoms with Crippen LogP contribution in [-0.4, -0.2) is 49.9 Å². The van der Waals surface area contributed by atoms with E-state index in [-0.39, 0.29) is 11.8 Å². The second-order valence-corrected chi connectivity index (χ2v) is 11.0. The van der Waals surface area contributed by atoms with Crippen molar-refractivity contribution in [2.24, 2.45) is 5.92 Å². The van der Waals surface area contributed by atoms with E-state index in [9.17, 15) is 17.2 Å². The molecule has 1 aromatic carbocycles. The lowest BCUT2D eigenvalue weighted by Crippen LogP contribution is -2.47. The molecule has 2 aliphatic rings. The van der Waals surface area contributed by atoms with Crippen molar-refractivity contribution in [1.82, 2.24) is 9.21 Å². The number of piperidine rings is 1. The average Bonchev–Trinajstić information content (AvgIpc) is 3.36. The maximum absolute atomic E-state index is 13.2. The van der Waals surface area contributed by atoms with Gasteiger partial charge in [-0.2, -0.15) is 13.1 Å². The summed E-state index contributed by atoms with van der Waals surface area (Å²) in [6.07, 6.45) is 3.65. The summed E-state index contributed by atoms with van der Waals surface area (Å²) in [4.78, 5) is 2.18. The van der Waals surface area contributed by atoms with Gasteiger partial charge in [-0.25, -0.2) is 8.42 Å². The summed E-state index contributed by atoms with van der Waals surface area (Å²) in [5, 5.41) is 1.80. The van der Waals surface area contributed by atoms with Gasteiger partial charge in [0.15, 0.2) is 0 Å². The highest BCUT2D eigenvalue weighted by Gasteiger charge is 2.38. The zero-order valence-corrected chi connectivity index (χ0v) is 18.3. The van der Waals surface area contributed by atoms with E-state index in [4.69, 9.17) is 0 Å². The smallest absolute Gasteiger partial charge is 0.387 e. The van der Waals surface area contributed by atoms with Gasteiger partial charge in [-0.1, -0.05) is 24.3 Å². The Morgan fingerprint density at radius 3 is 2.47 bits per heavy atom. The molecule has 1 saturated carbocycles. The van der Waals surface area contributed by atoms with Crippen LogP contribution in [0.15, 0.2) is 46.0 Å². The number of alkyl halides is 2. The summed E-state index contributed by atoms with van der Waals surface area (Å²) in [7, 11) is -3.48. The van der Waals surface area contributed by atoms with Gasteiger partial charge < -0.3 is 4.74 Å². The maximum atomic E-state index is 13.2. The van der Waals surface area contributed by atoms with Gasteiger partial charge in [-0.3, -0.25) is 4.90 Å². The van der Waals surface area contributed by atoms with Crippen molar-refractivity contribution in [3.63, 3.8) is 0 Å². The SMILES string of the molecule is O=S(=O)(c1cccs1)N(CC1CC1)C1CCN(Cc2ccccc2OC(F)F)CC1. The number of sulfonamides is 1. The Balaban J connectivity index is 1.41. The Labute approximate surface area is 180 Å². The Morgan fingerprint density at radius 1 is 1.10 bits per heavy atom. The van der Waals surface area contributed by atoms with Crippen molar-refractivity contribution in [1.29, 1.82) is 0 Å². The summed E-state index contributed by atoms with van der Waals surface area (Å²) in [6, 6.07) is 10.3. The van der Waals surface area contributed by atoms with Gasteiger partial charge in [0.2, 0.25) is 0 Å². The van der Waals surface area contributed by atoms with Crippen LogP contribution in [-0.2, 0) is 16.6 Å². The molecule has 30 heavy (non-hydrogen) atoms. The molecule has 0 unspecified atom stereocenters. The van der Waals surface area contributed by atoms with Gasteiger partial charge in [-0.15, -0.1) is 11.3 Å². The van der Waals surface area contributed by atoms with E-state index in [1.54, 1.807) is 40.0 Å². The summed E-state index contributed by atoms with van der Waals surface area (Å²) < 4.78 is 58.5. The van der Waals surface area contributed by atoms with Gasteiger partial charge >= 0.3 is 6.61 Å². The van der Waals surface area contributed by atoms with Crippen molar-refractivity contribution in [2.75, 3.05) is 19.6 Å². The van der Waals surface area contributed by atoms with Crippen LogP contribution in [0.25, 0.3) is 0 Å². The molecule has 0 atom stereocenters. The fraction of sp³-hybridized carbons (Fsp3) is 0.524. The molecule has 0 N–H and O–H groups in total. The number of benzene rings is 1. The third kappa shape index (κ3) is 5.19. The first kappa shape index (κ1) is 21.7. The van der Waals surface area contributed by atoms with Gasteiger partial charge in [0, 0.05) is 37.8 Å². The summed E-state index contributed by atoms with van der Waals surface area (Å²) in [5.41, 5.74) is 0.720. The minimum Gasteiger partial charge on any atom is -0.434 e. The van der Waals surface area contributed by atoms with E-state index < -0.39 is 16.6 Å². The number of hydrogen-bond donors (Lipinski definition) is 0. The Hall–Kier alpha value is -1.55. The molecular formula is C21H26F2N2O3S2. The second-order valence-electron chi connectivity index (χ2n) is 7.94. The predicted molar refractivity (Wildman–Crippen MR) is 112 cm³/mol. The molecule has 2 heterocycles. The number of halogens is 2. The molecule has 9 heteroatoms. The van der Waals surface area contributed by atoms with Crippen molar-refractivity contribution in [2.45, 2.75) is 49.1 Å². The first-order valence-electron chi connectivity index (χ1n) is 10.2. The molecule has 0 radical (unpaired) electrons. The maximum Gasteiger partial charge on any atom is 0.387 e. The third-order valence-corrected chi connectivity index (χ3v) is 9.03. The van der Waals surface area contributed by atoms with Crippen LogP contribution in [0.5, 0.6) is 5.75 Å². The van der Waals surface area contributed by atoms with Crippen LogP contribution >= 0.6 is 11.3 Å². The number of rotatable bonds is 9. The topological polar surface area (TPSA) is 49.9 Å². The minimum atomic E-state index is -3.48. The molecule has 1 aliphatic heterocycles. The monoisotopic (exact) mass is 456 g/mol. The van der Waals surface area contributed by atoms with Crippen LogP contribution in [0.1, 0.15) is 31.2 Å². The molecule has 164 valence electrons. The molecule has 0 amide bonds. The zero-order chi connectivity index (χ0) is 21.1. The molecule has 5 nitrogen and oxygen atoms in total. The van der Waals surface area contributed by atoms with Crippen LogP contribution in [0, 0.1) is 5.92 Å². The van der Waals surface area contributed by atoms with Crippen molar-refractivity contribution in [3.05, 3.63) is 47.3 Å². The van der Waals surface area contributed by atoms with Gasteiger partial charge in [0.05, 0.1) is 0 Å². The normalized spacial score (nSPS) is 18.9. The zero-order valence-electron chi connectivity index (χ0n) is 16.6. The molecular weight excluding hydrogens is 430 g/mol. The predicted octanol–water partition coefficient (Wildman–Crippen LogP) is 4.41. The van der Waals surface area contributed by atoms with E-state index in [0.29, 0.717) is 23.2 Å². The summed E-state index contributed by atoms with van der Waals surface area (Å²) >= 11 is 1.26. The highest BCUT2D eigenvalue weighted by Crippen LogP contribution is 2.35. The number of thiophene rings is 1. The number of nitrogens with zero attached hydrogens (tertiary/aromatic N) is 2. The van der Waals surface area contributed by atoms with E-state index in [1.165, 1.54) is 11.3 Å². The molecule has 2 fully saturated rings. The van der Waals surface area contributed by atoms with Crippen LogP contribution in [0.4, 0.5) is 8.78 Å². The standard InChI is InChI=1S/C21H26F2N2O3S2/c22-21(23)28-19-5-2-1-4-17(19)15-24-11-9-18(10-12-24)25(14-16-7-8-16)30(26,27)20-6-3-13-29-20/h1-6,13,16,18,21H,7-12,14-15H2. The lowest BCUT2D eigenvalue weighted by atomic mass is 10.0. The molecule has 0 bridgehead atoms. The average molecular weight is 457 g/mol. The summed E-state index contributed by atoms with van der Waals surface area (Å²) in [6.45, 7) is -0.314. The van der Waals surface area contributed by atoms with E-state index in [1.807, 2.05) is 6.07 Å². The van der Waals surface area contributed by atoms with E-state index in [2.05, 4.69) is 9.64 Å². The van der Waals surface area contributed by atoms with Crippen LogP contribution in [0.3, 0.4) is 0 Å². The number of likely N-dealkylation sites (tertiary alicyclic amines) is 1. The van der Waals surface area contributed by atoms with Gasteiger partial charge in [0.25, 0.3) is 10.0 Å². The number of para-hydroxylation sites is 1. The lowest BCUT2D eigenvalue weighted by molar-refractivity contribution is -0.0508. The minimum absolute atomic E-state index is 0.0264. The largest absolute Gasteiger partial charge is 0.434 e. The quantitative estimate of drug-likeness (QED) is 0.561. The highest BCUT2D eigenvalue weighted by atomic mass is 32.2. The number of ether oxygens (including phenoxy) is 1. The fourth-order valence-corrected chi connectivity index (χ4v) is 6.86. The van der Waals surface area contributed by atoms with Gasteiger partial charge in [-0.05, 0) is 49.1 Å². The van der Waals surface area contributed by atoms with Crippen LogP contribution in [0.2, 0.25) is 0 Å². The lowest BCUT2D eigenvalue weighted by Gasteiger charge is -2.38. The van der Waals surface area contributed by atoms with Gasteiger partial charge in [0.1, 0.15) is 9.96 Å². The fourth-order valence-electron chi connectivity index (χ4n) is 3.98. The number of hydrogen-bond acceptors (Lipinski definition) is 5. The third-order valence-electron chi connectivity index (χ3n) is 5.74. The Kier molecular flexibility index (Phi) is 6.72. The highest BCUT2D eigenvalue weighted by molar-refractivity contribution is 7.91. The molecule has 2 aromatic rings. The first-order chi connectivity index (χ1) is 14.4. The van der Waals surface area contributed by atoms with Crippen molar-refractivity contribution in [3.8, 4) is 5.75 Å². The van der Waals surface area contributed by atoms with E-state index >= 15 is 0 Å². The van der Waals surface area contributed by atoms with E-state index in [0.717, 1.165) is 44.3 Å². The molecule has 1 saturated heterocycles. The van der Waals surface area contributed by atoms with Crippen molar-refractivity contribution < 1.29 is 21.9 Å². The molecule has 0 spiro atoms. The first-order valence-corrected chi connectivity index (χ1v) is 12.6. The Bertz CT molecular complexity index is 925. The van der Waals surface area contributed by atoms with Crippen molar-refractivity contribution >= 4 is 21.4 Å². The summed E-state index contributed by atoms with van der Waals surface area (Å²) in [5.74, 6) is 0.668. The second kappa shape index (κ2) is 9.30. The molecule has 1 aromatic heterocycles. The molecule has 1 aliphatic carbocycles.